The number of anilines is 1. The SMILES string of the molecule is CN1C(=O)CC(Nc2ccc3nnnn3n2)C1=O. The molecule has 0 aromatic carbocycles. The van der Waals surface area contributed by atoms with Crippen LogP contribution in [0.4, 0.5) is 5.82 Å². The molecule has 0 aliphatic carbocycles. The first kappa shape index (κ1) is 10.6. The number of hydrogen-bond acceptors (Lipinski definition) is 7. The number of amides is 2. The molecule has 1 N–H and O–H groups in total. The third-order valence-corrected chi connectivity index (χ3v) is 2.77. The van der Waals surface area contributed by atoms with Gasteiger partial charge in [0.15, 0.2) is 5.65 Å². The smallest absolute Gasteiger partial charge is 0.251 e. The molecule has 0 spiro atoms. The fourth-order valence-electron chi connectivity index (χ4n) is 1.77. The van der Waals surface area contributed by atoms with Gasteiger partial charge in [-0.15, -0.1) is 14.8 Å². The van der Waals surface area contributed by atoms with Crippen molar-refractivity contribution in [3.8, 4) is 0 Å². The summed E-state index contributed by atoms with van der Waals surface area (Å²) < 4.78 is 1.24. The number of nitrogens with one attached hydrogen (secondary N) is 1. The summed E-state index contributed by atoms with van der Waals surface area (Å²) in [5.41, 5.74) is 0.506. The van der Waals surface area contributed by atoms with E-state index in [4.69, 9.17) is 0 Å². The molecular weight excluding hydrogens is 238 g/mol. The second-order valence-corrected chi connectivity index (χ2v) is 3.94. The van der Waals surface area contributed by atoms with E-state index in [1.165, 1.54) is 11.7 Å². The Hall–Kier alpha value is -2.58. The number of likely N-dealkylation sites (tertiary alicyclic amines) is 1. The average Bonchev–Trinajstić information content (AvgIpc) is 2.91. The van der Waals surface area contributed by atoms with Crippen molar-refractivity contribution < 1.29 is 9.59 Å². The summed E-state index contributed by atoms with van der Waals surface area (Å²) in [6, 6.07) is 2.74. The zero-order valence-electron chi connectivity index (χ0n) is 9.44. The second-order valence-electron chi connectivity index (χ2n) is 3.94. The van der Waals surface area contributed by atoms with Crippen LogP contribution >= 0.6 is 0 Å². The predicted molar refractivity (Wildman–Crippen MR) is 58.4 cm³/mol. The highest BCUT2D eigenvalue weighted by Gasteiger charge is 2.36. The van der Waals surface area contributed by atoms with Crippen LogP contribution in [0.2, 0.25) is 0 Å². The summed E-state index contributed by atoms with van der Waals surface area (Å²) >= 11 is 0. The van der Waals surface area contributed by atoms with Crippen LogP contribution in [-0.2, 0) is 9.59 Å². The first-order valence-corrected chi connectivity index (χ1v) is 5.27. The summed E-state index contributed by atoms with van der Waals surface area (Å²) in [6.07, 6.45) is 0.130. The fourth-order valence-corrected chi connectivity index (χ4v) is 1.77. The molecule has 1 fully saturated rings. The Labute approximate surface area is 101 Å². The van der Waals surface area contributed by atoms with E-state index in [9.17, 15) is 9.59 Å². The van der Waals surface area contributed by atoms with Crippen molar-refractivity contribution in [1.82, 2.24) is 30.2 Å². The lowest BCUT2D eigenvalue weighted by atomic mass is 10.2. The largest absolute Gasteiger partial charge is 0.356 e. The molecule has 9 heteroatoms. The molecule has 1 atom stereocenters. The summed E-state index contributed by atoms with van der Waals surface area (Å²) in [6.45, 7) is 0. The highest BCUT2D eigenvalue weighted by atomic mass is 16.2. The van der Waals surface area contributed by atoms with Crippen molar-refractivity contribution in [3.63, 3.8) is 0 Å². The number of likely N-dealkylation sites (N-methyl/N-ethyl adjacent to an activating group) is 1. The zero-order chi connectivity index (χ0) is 12.7. The van der Waals surface area contributed by atoms with Gasteiger partial charge in [0.1, 0.15) is 11.9 Å². The van der Waals surface area contributed by atoms with E-state index in [-0.39, 0.29) is 18.2 Å². The molecule has 2 aromatic heterocycles. The van der Waals surface area contributed by atoms with Gasteiger partial charge >= 0.3 is 0 Å². The molecule has 1 aliphatic rings. The van der Waals surface area contributed by atoms with Crippen LogP contribution in [-0.4, -0.2) is 55.1 Å². The maximum Gasteiger partial charge on any atom is 0.251 e. The lowest BCUT2D eigenvalue weighted by Crippen LogP contribution is -2.32. The third kappa shape index (κ3) is 1.56. The fraction of sp³-hybridized carbons (Fsp3) is 0.333. The van der Waals surface area contributed by atoms with Gasteiger partial charge in [0.05, 0.1) is 6.42 Å². The number of rotatable bonds is 2. The molecular formula is C9H9N7O2. The van der Waals surface area contributed by atoms with Crippen LogP contribution in [0, 0.1) is 0 Å². The normalized spacial score (nSPS) is 19.8. The maximum atomic E-state index is 11.7. The molecule has 2 amide bonds. The minimum absolute atomic E-state index is 0.130. The minimum Gasteiger partial charge on any atom is -0.356 e. The van der Waals surface area contributed by atoms with Gasteiger partial charge in [-0.3, -0.25) is 14.5 Å². The predicted octanol–water partition coefficient (Wildman–Crippen LogP) is -1.31. The molecule has 1 saturated heterocycles. The van der Waals surface area contributed by atoms with E-state index in [1.807, 2.05) is 0 Å². The molecule has 9 nitrogen and oxygen atoms in total. The highest BCUT2D eigenvalue weighted by molar-refractivity contribution is 6.06. The molecule has 1 unspecified atom stereocenters. The van der Waals surface area contributed by atoms with Gasteiger partial charge in [-0.2, -0.15) is 0 Å². The van der Waals surface area contributed by atoms with Gasteiger partial charge in [-0.25, -0.2) is 0 Å². The summed E-state index contributed by atoms with van der Waals surface area (Å²) in [5, 5.41) is 17.8. The number of nitrogens with zero attached hydrogens (tertiary/aromatic N) is 6. The van der Waals surface area contributed by atoms with Crippen LogP contribution in [0.5, 0.6) is 0 Å². The first-order chi connectivity index (χ1) is 8.65. The van der Waals surface area contributed by atoms with Crippen LogP contribution in [0.15, 0.2) is 12.1 Å². The Morgan fingerprint density at radius 3 is 2.94 bits per heavy atom. The van der Waals surface area contributed by atoms with Gasteiger partial charge in [-0.1, -0.05) is 0 Å². The number of fused-ring (bicyclic) bond motifs is 1. The molecule has 3 rings (SSSR count). The minimum atomic E-state index is -0.580. The van der Waals surface area contributed by atoms with E-state index in [0.717, 1.165) is 4.90 Å². The zero-order valence-corrected chi connectivity index (χ0v) is 9.44. The number of tetrazole rings is 1. The lowest BCUT2D eigenvalue weighted by Gasteiger charge is -2.10. The molecule has 18 heavy (non-hydrogen) atoms. The third-order valence-electron chi connectivity index (χ3n) is 2.77. The van der Waals surface area contributed by atoms with Crippen molar-refractivity contribution in [3.05, 3.63) is 12.1 Å². The second kappa shape index (κ2) is 3.72. The van der Waals surface area contributed by atoms with Crippen molar-refractivity contribution in [2.45, 2.75) is 12.5 Å². The first-order valence-electron chi connectivity index (χ1n) is 5.27. The summed E-state index contributed by atoms with van der Waals surface area (Å²) in [7, 11) is 1.46. The standard InChI is InChI=1S/C9H9N7O2/c1-15-8(17)4-5(9(15)18)10-6-2-3-7-11-13-14-16(7)12-6/h2-3,5H,4H2,1H3,(H,10,12). The number of carbonyl (C=O) groups excluding carboxylic acids is 2. The molecule has 0 saturated carbocycles. The van der Waals surface area contributed by atoms with Crippen LogP contribution in [0.3, 0.4) is 0 Å². The van der Waals surface area contributed by atoms with Crippen LogP contribution in [0.1, 0.15) is 6.42 Å². The lowest BCUT2D eigenvalue weighted by molar-refractivity contribution is -0.136. The van der Waals surface area contributed by atoms with E-state index >= 15 is 0 Å². The van der Waals surface area contributed by atoms with Gasteiger partial charge < -0.3 is 5.32 Å². The Bertz CT molecular complexity index is 637. The Morgan fingerprint density at radius 2 is 2.22 bits per heavy atom. The van der Waals surface area contributed by atoms with Gasteiger partial charge in [0.25, 0.3) is 5.91 Å². The number of carbonyl (C=O) groups is 2. The molecule has 0 radical (unpaired) electrons. The molecule has 1 aliphatic heterocycles. The van der Waals surface area contributed by atoms with E-state index in [1.54, 1.807) is 12.1 Å². The van der Waals surface area contributed by atoms with Gasteiger partial charge in [0, 0.05) is 7.05 Å². The monoisotopic (exact) mass is 247 g/mol. The average molecular weight is 247 g/mol. The Balaban J connectivity index is 1.84. The van der Waals surface area contributed by atoms with Crippen LogP contribution < -0.4 is 5.32 Å². The Kier molecular flexibility index (Phi) is 2.18. The number of imide groups is 1. The maximum absolute atomic E-state index is 11.7. The number of aromatic nitrogens is 5. The molecule has 92 valence electrons. The highest BCUT2D eigenvalue weighted by Crippen LogP contribution is 2.15. The summed E-state index contributed by atoms with van der Waals surface area (Å²) in [4.78, 5) is 24.2. The van der Waals surface area contributed by atoms with E-state index in [0.29, 0.717) is 11.5 Å². The van der Waals surface area contributed by atoms with Crippen LogP contribution in [0.25, 0.3) is 5.65 Å². The molecule has 0 bridgehead atoms. The Morgan fingerprint density at radius 1 is 1.39 bits per heavy atom. The van der Waals surface area contributed by atoms with Crippen molar-refractivity contribution in [1.29, 1.82) is 0 Å². The van der Waals surface area contributed by atoms with Crippen molar-refractivity contribution in [2.24, 2.45) is 0 Å². The van der Waals surface area contributed by atoms with Gasteiger partial charge in [0.2, 0.25) is 5.91 Å². The van der Waals surface area contributed by atoms with Crippen molar-refractivity contribution in [2.75, 3.05) is 12.4 Å². The van der Waals surface area contributed by atoms with E-state index < -0.39 is 6.04 Å². The summed E-state index contributed by atoms with van der Waals surface area (Å²) in [5.74, 6) is -0.0316. The molecule has 2 aromatic rings. The number of hydrogen-bond donors (Lipinski definition) is 1. The quantitative estimate of drug-likeness (QED) is 0.656. The van der Waals surface area contributed by atoms with Gasteiger partial charge in [-0.05, 0) is 22.6 Å². The van der Waals surface area contributed by atoms with E-state index in [2.05, 4.69) is 25.9 Å². The van der Waals surface area contributed by atoms with Crippen molar-refractivity contribution >= 4 is 23.3 Å². The molecule has 3 heterocycles. The topological polar surface area (TPSA) is 105 Å².